The normalized spacial score (nSPS) is 13.4. The molecule has 0 amide bonds. The molecule has 5 aliphatic heterocycles. The van der Waals surface area contributed by atoms with E-state index in [-0.39, 0.29) is 0 Å². The minimum Gasteiger partial charge on any atom is -0.413 e. The number of nitrogens with zero attached hydrogens (tertiary/aromatic N) is 19. The van der Waals surface area contributed by atoms with E-state index in [0.29, 0.717) is 17.7 Å². The number of hydrogen-bond acceptors (Lipinski definition) is 16. The third-order valence-electron chi connectivity index (χ3n) is 21.3. The maximum Gasteiger partial charge on any atom is 0.422 e. The van der Waals surface area contributed by atoms with Gasteiger partial charge in [-0.25, -0.2) is 13.7 Å². The van der Waals surface area contributed by atoms with E-state index >= 15 is 0 Å². The van der Waals surface area contributed by atoms with E-state index in [1.807, 2.05) is 194 Å². The van der Waals surface area contributed by atoms with Crippen molar-refractivity contribution in [3.05, 3.63) is 273 Å². The first-order chi connectivity index (χ1) is 55.1. The quantitative estimate of drug-likeness (QED) is 0.146. The van der Waals surface area contributed by atoms with E-state index in [1.54, 1.807) is 54.7 Å². The highest BCUT2D eigenvalue weighted by atomic mass is 32.1. The zero-order valence-electron chi connectivity index (χ0n) is 60.6. The number of aryl methyl sites for hydroxylation is 2. The SMILES string of the molecule is Cn1c2cnccc2c2oc3[n+](c21)Cc1cnccc1-3.[2H]C([2H])([2H])n1c2cnccc2c2c1[n+]1c(n2-c2ccccc2)-c2ccncc2C1.c1cc2c(cn1)C[n+]1c-2oc2c3ccncc3oc21.c1cc2c(cn1)C[n+]1c-2oc2c3ccncc3sc21.c1ccc(-n2c3cnccc3c3oc4[n+](c32)Cc2cnccc2-4)cc1. The molecule has 24 nitrogen and oxygen atoms in total. The van der Waals surface area contributed by atoms with Crippen molar-refractivity contribution in [2.24, 2.45) is 14.0 Å². The van der Waals surface area contributed by atoms with Crippen molar-refractivity contribution in [1.29, 1.82) is 0 Å². The molecule has 22 aromatic rings. The third kappa shape index (κ3) is 8.94. The lowest BCUT2D eigenvalue weighted by molar-refractivity contribution is -0.655. The predicted octanol–water partition coefficient (Wildman–Crippen LogP) is 13.8. The summed E-state index contributed by atoms with van der Waals surface area (Å²) in [7, 11) is 2.05. The third-order valence-corrected chi connectivity index (χ3v) is 22.4. The molecular formula is C84H56N19O5S+5. The van der Waals surface area contributed by atoms with Crippen molar-refractivity contribution in [2.45, 2.75) is 32.7 Å². The molecule has 25 heteroatoms. The van der Waals surface area contributed by atoms with Crippen LogP contribution in [0.1, 0.15) is 31.9 Å². The van der Waals surface area contributed by atoms with Gasteiger partial charge in [-0.2, -0.15) is 13.7 Å². The van der Waals surface area contributed by atoms with Crippen molar-refractivity contribution in [3.8, 4) is 68.6 Å². The van der Waals surface area contributed by atoms with Crippen LogP contribution >= 0.6 is 11.3 Å². The Bertz CT molecular complexity index is 7520. The summed E-state index contributed by atoms with van der Waals surface area (Å²) >= 11 is 1.73. The molecule has 109 heavy (non-hydrogen) atoms. The Labute approximate surface area is 622 Å². The lowest BCUT2D eigenvalue weighted by Crippen LogP contribution is -2.33. The number of hydrogen-bond donors (Lipinski definition) is 0. The molecule has 25 heterocycles. The van der Waals surface area contributed by atoms with E-state index < -0.39 is 6.98 Å². The fourth-order valence-electron chi connectivity index (χ4n) is 16.5. The summed E-state index contributed by atoms with van der Waals surface area (Å²) in [5.41, 5.74) is 25.0. The number of thiophene rings is 1. The monoisotopic (exact) mass is 1450 g/mol. The van der Waals surface area contributed by atoms with E-state index in [4.69, 9.17) is 26.2 Å². The van der Waals surface area contributed by atoms with E-state index in [9.17, 15) is 0 Å². The number of rotatable bonds is 2. The van der Waals surface area contributed by atoms with Crippen LogP contribution in [-0.2, 0) is 46.7 Å². The van der Waals surface area contributed by atoms with Crippen molar-refractivity contribution >= 4 is 120 Å². The van der Waals surface area contributed by atoms with E-state index in [1.165, 1.54) is 30.8 Å². The second-order valence-electron chi connectivity index (χ2n) is 27.2. The summed E-state index contributed by atoms with van der Waals surface area (Å²) in [6, 6.07) is 40.2. The molecule has 0 atom stereocenters. The molecule has 0 fully saturated rings. The highest BCUT2D eigenvalue weighted by Crippen LogP contribution is 2.43. The average molecular weight is 1450 g/mol. The zero-order chi connectivity index (χ0) is 74.2. The van der Waals surface area contributed by atoms with Crippen LogP contribution in [0.5, 0.6) is 0 Å². The molecule has 518 valence electrons. The number of pyridine rings is 10. The molecule has 0 aliphatic carbocycles. The number of aromatic nitrogens is 19. The Morgan fingerprint density at radius 1 is 0.349 bits per heavy atom. The van der Waals surface area contributed by atoms with Crippen LogP contribution in [0.4, 0.5) is 0 Å². The second-order valence-corrected chi connectivity index (χ2v) is 28.2. The van der Waals surface area contributed by atoms with Gasteiger partial charge in [0.1, 0.15) is 30.0 Å². The van der Waals surface area contributed by atoms with Gasteiger partial charge in [0, 0.05) is 121 Å². The fraction of sp³-hybridized carbons (Fsp3) is 0.0833. The Kier molecular flexibility index (Phi) is 12.4. The fourth-order valence-corrected chi connectivity index (χ4v) is 17.6. The Balaban J connectivity index is 0.0000000843. The van der Waals surface area contributed by atoms with Crippen LogP contribution in [0.15, 0.2) is 267 Å². The van der Waals surface area contributed by atoms with Crippen LogP contribution in [-0.4, -0.2) is 68.1 Å². The smallest absolute Gasteiger partial charge is 0.413 e. The molecule has 0 unspecified atom stereocenters. The Hall–Kier alpha value is -14.6. The van der Waals surface area contributed by atoms with Crippen LogP contribution in [0, 0.1) is 0 Å². The molecule has 20 aromatic heterocycles. The molecule has 27 rings (SSSR count). The standard InChI is InChI=1S/C21H16N5.C20H13N4O.C15H11N4O.C14H8N3O2.C14H8N3OS/c1-24-18-12-23-10-8-17(18)19-21(24)25-13-14-11-22-9-7-16(14)20(25)26(19)15-5-3-2-4-6-15;1-2-4-14(5-3-1)24-17-11-22-9-7-16(17)18-19(24)23-12-13-10-21-8-6-15(13)20(23)25-18;1-18-12-7-17-5-3-11(12)13-14(18)19-8-9-6-16-4-2-10(9)15(19)20-13;1-3-15-5-8-7-17-13(9(1)8)19-12-10-2-4-16-6-11(10)18-14(12)17;1-3-15-5-8-7-17-13(9(1)8)18-12-10-2-4-16-6-11(10)19-14(12)17/h2-12H,13H2,1H3;1-11H,12H2;2-7H,8H2,1H3;2*1-6H,7H2/q5*+1/i1D3;;;;. The van der Waals surface area contributed by atoms with Crippen LogP contribution in [0.25, 0.3) is 178 Å². The van der Waals surface area contributed by atoms with Crippen molar-refractivity contribution in [3.63, 3.8) is 0 Å². The second kappa shape index (κ2) is 23.5. The maximum atomic E-state index is 8.22. The average Bonchev–Trinajstić information content (AvgIpc) is 1.52. The highest BCUT2D eigenvalue weighted by molar-refractivity contribution is 7.25. The summed E-state index contributed by atoms with van der Waals surface area (Å²) in [4.78, 5) is 43.2. The zero-order valence-corrected chi connectivity index (χ0v) is 58.4. The van der Waals surface area contributed by atoms with E-state index in [0.717, 1.165) is 194 Å². The molecule has 0 bridgehead atoms. The molecule has 0 saturated heterocycles. The van der Waals surface area contributed by atoms with Crippen LogP contribution < -0.4 is 22.8 Å². The summed E-state index contributed by atoms with van der Waals surface area (Å²) in [5.74, 6) is 4.56. The first kappa shape index (κ1) is 57.8. The number of para-hydroxylation sites is 2. The summed E-state index contributed by atoms with van der Waals surface area (Å²) in [5, 5.41) is 5.16. The lowest BCUT2D eigenvalue weighted by Gasteiger charge is -2.04. The van der Waals surface area contributed by atoms with Gasteiger partial charge in [0.05, 0.1) is 115 Å². The molecule has 5 aliphatic rings. The van der Waals surface area contributed by atoms with Gasteiger partial charge in [-0.3, -0.25) is 54.4 Å². The molecule has 0 saturated carbocycles. The topological polar surface area (TPSA) is 234 Å². The highest BCUT2D eigenvalue weighted by Gasteiger charge is 2.42. The van der Waals surface area contributed by atoms with Crippen LogP contribution in [0.2, 0.25) is 0 Å². The van der Waals surface area contributed by atoms with Gasteiger partial charge < -0.3 is 22.1 Å². The molecular weight excluding hydrogens is 1390 g/mol. The van der Waals surface area contributed by atoms with Gasteiger partial charge in [-0.05, 0) is 84.9 Å². The number of fused-ring (bicyclic) bond motifs is 35. The summed E-state index contributed by atoms with van der Waals surface area (Å²) < 4.78 is 75.1. The van der Waals surface area contributed by atoms with E-state index in [2.05, 4.69) is 101 Å². The van der Waals surface area contributed by atoms with Gasteiger partial charge in [0.25, 0.3) is 23.0 Å². The van der Waals surface area contributed by atoms with Gasteiger partial charge in [0.2, 0.25) is 22.6 Å². The first-order valence-electron chi connectivity index (χ1n) is 36.8. The number of furan rings is 1. The van der Waals surface area contributed by atoms with Crippen molar-refractivity contribution < 1.29 is 49.0 Å². The van der Waals surface area contributed by atoms with Gasteiger partial charge >= 0.3 is 33.6 Å². The Morgan fingerprint density at radius 3 is 1.40 bits per heavy atom. The molecule has 0 spiro atoms. The van der Waals surface area contributed by atoms with Gasteiger partial charge in [-0.15, -0.1) is 9.13 Å². The molecule has 0 N–H and O–H groups in total. The predicted molar refractivity (Wildman–Crippen MR) is 405 cm³/mol. The van der Waals surface area contributed by atoms with Gasteiger partial charge in [-0.1, -0.05) is 47.7 Å². The van der Waals surface area contributed by atoms with Crippen LogP contribution in [0.3, 0.4) is 0 Å². The van der Waals surface area contributed by atoms with Gasteiger partial charge in [0.15, 0.2) is 35.2 Å². The first-order valence-corrected chi connectivity index (χ1v) is 36.1. The minimum absolute atomic E-state index is 0.578. The maximum absolute atomic E-state index is 8.22. The number of oxazole rings is 4. The number of benzene rings is 2. The summed E-state index contributed by atoms with van der Waals surface area (Å²) in [6.45, 7) is 1.39. The minimum atomic E-state index is -2.33. The Morgan fingerprint density at radius 2 is 0.780 bits per heavy atom. The number of imidazole rings is 1. The molecule has 2 aromatic carbocycles. The largest absolute Gasteiger partial charge is 0.422 e. The molecule has 0 radical (unpaired) electrons. The van der Waals surface area contributed by atoms with Crippen molar-refractivity contribution in [1.82, 2.24) is 68.1 Å². The van der Waals surface area contributed by atoms with Crippen molar-refractivity contribution in [2.75, 3.05) is 0 Å². The lowest BCUT2D eigenvalue weighted by atomic mass is 10.1. The summed E-state index contributed by atoms with van der Waals surface area (Å²) in [6.07, 6.45) is 36.4.